The molecular weight excluding hydrogens is 160 g/mol. The summed E-state index contributed by atoms with van der Waals surface area (Å²) in [7, 11) is 0. The molecule has 1 atom stereocenters. The molecule has 0 bridgehead atoms. The van der Waals surface area contributed by atoms with Gasteiger partial charge in [0, 0.05) is 26.1 Å². The number of carbonyl (C=O) groups excluding carboxylic acids is 1. The molecule has 0 saturated heterocycles. The van der Waals surface area contributed by atoms with E-state index >= 15 is 0 Å². The standard InChI is InChI=1S/C8H16O4/c1-7(4-6-10)12-8(11)3-2-5-9/h7,9-10H,2-6H2,1H3. The van der Waals surface area contributed by atoms with Crippen molar-refractivity contribution in [2.24, 2.45) is 0 Å². The quantitative estimate of drug-likeness (QED) is 0.562. The summed E-state index contributed by atoms with van der Waals surface area (Å²) in [4.78, 5) is 10.9. The summed E-state index contributed by atoms with van der Waals surface area (Å²) < 4.78 is 4.88. The number of ether oxygens (including phenoxy) is 1. The fraction of sp³-hybridized carbons (Fsp3) is 0.875. The molecule has 0 aliphatic heterocycles. The van der Waals surface area contributed by atoms with Crippen molar-refractivity contribution in [2.45, 2.75) is 32.3 Å². The van der Waals surface area contributed by atoms with Crippen LogP contribution in [0.4, 0.5) is 0 Å². The third-order valence-electron chi connectivity index (χ3n) is 1.41. The zero-order valence-electron chi connectivity index (χ0n) is 7.32. The first-order valence-electron chi connectivity index (χ1n) is 4.12. The molecule has 0 spiro atoms. The Kier molecular flexibility index (Phi) is 6.70. The van der Waals surface area contributed by atoms with Crippen LogP contribution >= 0.6 is 0 Å². The molecular formula is C8H16O4. The van der Waals surface area contributed by atoms with Gasteiger partial charge in [0.15, 0.2) is 0 Å². The van der Waals surface area contributed by atoms with Crippen LogP contribution in [0, 0.1) is 0 Å². The van der Waals surface area contributed by atoms with Gasteiger partial charge < -0.3 is 14.9 Å². The Morgan fingerprint density at radius 3 is 2.58 bits per heavy atom. The lowest BCUT2D eigenvalue weighted by atomic mass is 10.3. The summed E-state index contributed by atoms with van der Waals surface area (Å²) >= 11 is 0. The normalized spacial score (nSPS) is 12.6. The van der Waals surface area contributed by atoms with Crippen molar-refractivity contribution < 1.29 is 19.7 Å². The van der Waals surface area contributed by atoms with E-state index in [1.165, 1.54) is 0 Å². The second kappa shape index (κ2) is 7.06. The molecule has 0 aromatic rings. The van der Waals surface area contributed by atoms with Crippen molar-refractivity contribution in [3.05, 3.63) is 0 Å². The fourth-order valence-electron chi connectivity index (χ4n) is 0.747. The van der Waals surface area contributed by atoms with Gasteiger partial charge >= 0.3 is 5.97 Å². The highest BCUT2D eigenvalue weighted by molar-refractivity contribution is 5.69. The predicted molar refractivity (Wildman–Crippen MR) is 43.6 cm³/mol. The average molecular weight is 176 g/mol. The summed E-state index contributed by atoms with van der Waals surface area (Å²) in [6, 6.07) is 0. The maximum atomic E-state index is 10.9. The van der Waals surface area contributed by atoms with Gasteiger partial charge in [0.1, 0.15) is 6.10 Å². The number of rotatable bonds is 6. The summed E-state index contributed by atoms with van der Waals surface area (Å²) in [5, 5.41) is 16.9. The number of aliphatic hydroxyl groups excluding tert-OH is 2. The van der Waals surface area contributed by atoms with Crippen LogP contribution in [0.25, 0.3) is 0 Å². The van der Waals surface area contributed by atoms with Gasteiger partial charge in [0.2, 0.25) is 0 Å². The third-order valence-corrected chi connectivity index (χ3v) is 1.41. The van der Waals surface area contributed by atoms with Gasteiger partial charge in [0.05, 0.1) is 0 Å². The van der Waals surface area contributed by atoms with Crippen molar-refractivity contribution in [1.29, 1.82) is 0 Å². The molecule has 0 heterocycles. The molecule has 72 valence electrons. The maximum absolute atomic E-state index is 10.9. The molecule has 0 aromatic carbocycles. The maximum Gasteiger partial charge on any atom is 0.306 e. The largest absolute Gasteiger partial charge is 0.463 e. The van der Waals surface area contributed by atoms with E-state index in [0.29, 0.717) is 12.8 Å². The van der Waals surface area contributed by atoms with Crippen molar-refractivity contribution >= 4 is 5.97 Å². The molecule has 0 saturated carbocycles. The Labute approximate surface area is 72.2 Å². The highest BCUT2D eigenvalue weighted by atomic mass is 16.5. The van der Waals surface area contributed by atoms with Gasteiger partial charge in [-0.2, -0.15) is 0 Å². The molecule has 0 aliphatic carbocycles. The molecule has 4 heteroatoms. The van der Waals surface area contributed by atoms with Crippen molar-refractivity contribution in [3.8, 4) is 0 Å². The first kappa shape index (κ1) is 11.4. The number of hydrogen-bond acceptors (Lipinski definition) is 4. The van der Waals surface area contributed by atoms with Gasteiger partial charge in [-0.1, -0.05) is 0 Å². The minimum Gasteiger partial charge on any atom is -0.463 e. The van der Waals surface area contributed by atoms with Crippen LogP contribution in [-0.4, -0.2) is 35.5 Å². The monoisotopic (exact) mass is 176 g/mol. The van der Waals surface area contributed by atoms with Gasteiger partial charge in [-0.25, -0.2) is 0 Å². The second-order valence-electron chi connectivity index (χ2n) is 2.64. The van der Waals surface area contributed by atoms with E-state index in [4.69, 9.17) is 14.9 Å². The molecule has 1 unspecified atom stereocenters. The summed E-state index contributed by atoms with van der Waals surface area (Å²) in [5.41, 5.74) is 0. The lowest BCUT2D eigenvalue weighted by Gasteiger charge is -2.10. The Balaban J connectivity index is 3.40. The summed E-state index contributed by atoms with van der Waals surface area (Å²) in [5.74, 6) is -0.315. The van der Waals surface area contributed by atoms with Gasteiger partial charge in [-0.3, -0.25) is 4.79 Å². The molecule has 0 fully saturated rings. The van der Waals surface area contributed by atoms with E-state index in [0.717, 1.165) is 0 Å². The zero-order valence-corrected chi connectivity index (χ0v) is 7.32. The van der Waals surface area contributed by atoms with Crippen LogP contribution in [0.3, 0.4) is 0 Å². The Morgan fingerprint density at radius 2 is 2.08 bits per heavy atom. The molecule has 0 rings (SSSR count). The van der Waals surface area contributed by atoms with E-state index in [1.54, 1.807) is 6.92 Å². The molecule has 4 nitrogen and oxygen atoms in total. The lowest BCUT2D eigenvalue weighted by Crippen LogP contribution is -2.16. The van der Waals surface area contributed by atoms with Crippen molar-refractivity contribution in [1.82, 2.24) is 0 Å². The predicted octanol–water partition coefficient (Wildman–Crippen LogP) is 0.0730. The van der Waals surface area contributed by atoms with Gasteiger partial charge in [0.25, 0.3) is 0 Å². The smallest absolute Gasteiger partial charge is 0.306 e. The molecule has 12 heavy (non-hydrogen) atoms. The fourth-order valence-corrected chi connectivity index (χ4v) is 0.747. The molecule has 2 N–H and O–H groups in total. The molecule has 0 aromatic heterocycles. The number of esters is 1. The number of hydrogen-bond donors (Lipinski definition) is 2. The van der Waals surface area contributed by atoms with Gasteiger partial charge in [-0.15, -0.1) is 0 Å². The van der Waals surface area contributed by atoms with Crippen LogP contribution < -0.4 is 0 Å². The minimum absolute atomic E-state index is 0.00345. The van der Waals surface area contributed by atoms with Crippen molar-refractivity contribution in [2.75, 3.05) is 13.2 Å². The van der Waals surface area contributed by atoms with Crippen LogP contribution in [0.2, 0.25) is 0 Å². The first-order valence-corrected chi connectivity index (χ1v) is 4.12. The zero-order chi connectivity index (χ0) is 9.40. The molecule has 0 aliphatic rings. The second-order valence-corrected chi connectivity index (χ2v) is 2.64. The third kappa shape index (κ3) is 6.12. The number of carbonyl (C=O) groups is 1. The first-order chi connectivity index (χ1) is 5.70. The van der Waals surface area contributed by atoms with E-state index in [-0.39, 0.29) is 31.7 Å². The topological polar surface area (TPSA) is 66.8 Å². The highest BCUT2D eigenvalue weighted by Gasteiger charge is 2.07. The van der Waals surface area contributed by atoms with Crippen LogP contribution in [0.5, 0.6) is 0 Å². The Bertz CT molecular complexity index is 124. The van der Waals surface area contributed by atoms with E-state index < -0.39 is 0 Å². The summed E-state index contributed by atoms with van der Waals surface area (Å²) in [6.45, 7) is 1.75. The highest BCUT2D eigenvalue weighted by Crippen LogP contribution is 2.00. The van der Waals surface area contributed by atoms with Crippen molar-refractivity contribution in [3.63, 3.8) is 0 Å². The lowest BCUT2D eigenvalue weighted by molar-refractivity contribution is -0.149. The number of aliphatic hydroxyl groups is 2. The Morgan fingerprint density at radius 1 is 1.42 bits per heavy atom. The van der Waals surface area contributed by atoms with E-state index in [2.05, 4.69) is 0 Å². The van der Waals surface area contributed by atoms with Crippen LogP contribution in [-0.2, 0) is 9.53 Å². The molecule has 0 radical (unpaired) electrons. The van der Waals surface area contributed by atoms with Gasteiger partial charge in [-0.05, 0) is 13.3 Å². The molecule has 0 amide bonds. The van der Waals surface area contributed by atoms with E-state index in [1.807, 2.05) is 0 Å². The summed E-state index contributed by atoms with van der Waals surface area (Å²) in [6.07, 6.45) is 0.906. The minimum atomic E-state index is -0.315. The van der Waals surface area contributed by atoms with Crippen LogP contribution in [0.15, 0.2) is 0 Å². The van der Waals surface area contributed by atoms with E-state index in [9.17, 15) is 4.79 Å². The SMILES string of the molecule is CC(CCO)OC(=O)CCCO. The Hall–Kier alpha value is -0.610. The average Bonchev–Trinajstić information content (AvgIpc) is 2.01. The van der Waals surface area contributed by atoms with Crippen LogP contribution in [0.1, 0.15) is 26.2 Å².